The van der Waals surface area contributed by atoms with Gasteiger partial charge in [0.15, 0.2) is 5.69 Å². The van der Waals surface area contributed by atoms with Gasteiger partial charge in [-0.3, -0.25) is 0 Å². The minimum Gasteiger partial charge on any atom is -0.493 e. The molecule has 0 aliphatic carbocycles. The Labute approximate surface area is 133 Å². The fraction of sp³-hybridized carbons (Fsp3) is 0.400. The molecule has 0 unspecified atom stereocenters. The summed E-state index contributed by atoms with van der Waals surface area (Å²) in [4.78, 5) is 11.9. The van der Waals surface area contributed by atoms with E-state index in [9.17, 15) is 4.79 Å². The number of halogens is 1. The quantitative estimate of drug-likeness (QED) is 0.625. The van der Waals surface area contributed by atoms with E-state index in [2.05, 4.69) is 15.4 Å². The van der Waals surface area contributed by atoms with Crippen LogP contribution in [-0.4, -0.2) is 34.6 Å². The van der Waals surface area contributed by atoms with Crippen LogP contribution in [0.25, 0.3) is 11.3 Å². The molecule has 6 nitrogen and oxygen atoms in total. The Morgan fingerprint density at radius 2 is 2.14 bits per heavy atom. The standard InChI is InChI=1S/C15H18ClN3O3/c1-3-7-22-12-6-5-10(8-11(12)9-16)13-14(18-19-17-13)15(20)21-4-2/h5-6,8H,3-4,7,9H2,1-2H3,(H,17,18,19). The monoisotopic (exact) mass is 323 g/mol. The smallest absolute Gasteiger partial charge is 0.361 e. The molecule has 0 spiro atoms. The lowest BCUT2D eigenvalue weighted by molar-refractivity contribution is 0.0520. The number of nitrogens with one attached hydrogen (secondary N) is 1. The van der Waals surface area contributed by atoms with Crippen molar-refractivity contribution in [2.45, 2.75) is 26.1 Å². The van der Waals surface area contributed by atoms with Crippen molar-refractivity contribution in [3.8, 4) is 17.0 Å². The molecule has 0 aliphatic heterocycles. The highest BCUT2D eigenvalue weighted by atomic mass is 35.5. The van der Waals surface area contributed by atoms with Gasteiger partial charge in [-0.25, -0.2) is 4.79 Å². The number of benzene rings is 1. The average Bonchev–Trinajstić information content (AvgIpc) is 3.02. The Morgan fingerprint density at radius 3 is 2.82 bits per heavy atom. The fourth-order valence-corrected chi connectivity index (χ4v) is 2.17. The van der Waals surface area contributed by atoms with Crippen LogP contribution in [0.4, 0.5) is 0 Å². The number of alkyl halides is 1. The molecule has 1 N–H and O–H groups in total. The van der Waals surface area contributed by atoms with Gasteiger partial charge < -0.3 is 9.47 Å². The molecule has 118 valence electrons. The van der Waals surface area contributed by atoms with Gasteiger partial charge >= 0.3 is 5.97 Å². The molecule has 0 atom stereocenters. The minimum absolute atomic E-state index is 0.157. The largest absolute Gasteiger partial charge is 0.493 e. The molecule has 1 aromatic heterocycles. The second-order valence-corrected chi connectivity index (χ2v) is 4.81. The van der Waals surface area contributed by atoms with Crippen molar-refractivity contribution in [2.24, 2.45) is 0 Å². The molecule has 0 saturated carbocycles. The first-order valence-corrected chi connectivity index (χ1v) is 7.64. The van der Waals surface area contributed by atoms with Crippen molar-refractivity contribution in [2.75, 3.05) is 13.2 Å². The van der Waals surface area contributed by atoms with E-state index in [1.807, 2.05) is 25.1 Å². The van der Waals surface area contributed by atoms with Crippen molar-refractivity contribution < 1.29 is 14.3 Å². The number of rotatable bonds is 7. The number of H-pyrrole nitrogens is 1. The van der Waals surface area contributed by atoms with Gasteiger partial charge in [0.05, 0.1) is 19.1 Å². The maximum Gasteiger partial charge on any atom is 0.361 e. The van der Waals surface area contributed by atoms with Crippen LogP contribution in [-0.2, 0) is 10.6 Å². The van der Waals surface area contributed by atoms with Crippen LogP contribution in [0.15, 0.2) is 18.2 Å². The zero-order valence-electron chi connectivity index (χ0n) is 12.6. The number of carbonyl (C=O) groups excluding carboxylic acids is 1. The summed E-state index contributed by atoms with van der Waals surface area (Å²) in [6, 6.07) is 5.49. The molecule has 0 radical (unpaired) electrons. The van der Waals surface area contributed by atoms with Crippen LogP contribution in [0.5, 0.6) is 5.75 Å². The fourth-order valence-electron chi connectivity index (χ4n) is 1.96. The summed E-state index contributed by atoms with van der Waals surface area (Å²) in [6.07, 6.45) is 0.916. The molecule has 7 heteroatoms. The lowest BCUT2D eigenvalue weighted by Crippen LogP contribution is -2.07. The minimum atomic E-state index is -0.509. The third-order valence-electron chi connectivity index (χ3n) is 2.96. The molecular formula is C15H18ClN3O3. The normalized spacial score (nSPS) is 10.5. The van der Waals surface area contributed by atoms with Crippen molar-refractivity contribution >= 4 is 17.6 Å². The second-order valence-electron chi connectivity index (χ2n) is 4.55. The van der Waals surface area contributed by atoms with Crippen LogP contribution in [0.1, 0.15) is 36.3 Å². The highest BCUT2D eigenvalue weighted by Crippen LogP contribution is 2.28. The van der Waals surface area contributed by atoms with Crippen molar-refractivity contribution in [1.29, 1.82) is 0 Å². The van der Waals surface area contributed by atoms with E-state index in [0.29, 0.717) is 18.2 Å². The molecule has 0 aliphatic rings. The molecular weight excluding hydrogens is 306 g/mol. The van der Waals surface area contributed by atoms with Gasteiger partial charge in [-0.2, -0.15) is 10.3 Å². The Kier molecular flexibility index (Phi) is 5.77. The van der Waals surface area contributed by atoms with Crippen molar-refractivity contribution in [3.05, 3.63) is 29.5 Å². The summed E-state index contributed by atoms with van der Waals surface area (Å²) in [5.41, 5.74) is 2.16. The van der Waals surface area contributed by atoms with E-state index in [-0.39, 0.29) is 12.3 Å². The number of aromatic amines is 1. The number of ether oxygens (including phenoxy) is 2. The second kappa shape index (κ2) is 7.79. The molecule has 0 amide bonds. The van der Waals surface area contributed by atoms with Gasteiger partial charge in [0, 0.05) is 11.1 Å². The van der Waals surface area contributed by atoms with E-state index in [0.717, 1.165) is 23.3 Å². The van der Waals surface area contributed by atoms with Gasteiger partial charge in [0.2, 0.25) is 0 Å². The summed E-state index contributed by atoms with van der Waals surface area (Å²) in [7, 11) is 0. The highest BCUT2D eigenvalue weighted by molar-refractivity contribution is 6.17. The van der Waals surface area contributed by atoms with Crippen LogP contribution in [0.2, 0.25) is 0 Å². The Hall–Kier alpha value is -2.08. The number of hydrogen-bond donors (Lipinski definition) is 1. The first-order valence-electron chi connectivity index (χ1n) is 7.11. The molecule has 2 aromatic rings. The zero-order chi connectivity index (χ0) is 15.9. The van der Waals surface area contributed by atoms with Crippen molar-refractivity contribution in [1.82, 2.24) is 15.4 Å². The van der Waals surface area contributed by atoms with Crippen LogP contribution >= 0.6 is 11.6 Å². The lowest BCUT2D eigenvalue weighted by Gasteiger charge is -2.10. The number of carbonyl (C=O) groups is 1. The number of aromatic nitrogens is 3. The highest BCUT2D eigenvalue weighted by Gasteiger charge is 2.19. The summed E-state index contributed by atoms with van der Waals surface area (Å²) in [6.45, 7) is 4.68. The molecule has 0 fully saturated rings. The van der Waals surface area contributed by atoms with Crippen molar-refractivity contribution in [3.63, 3.8) is 0 Å². The molecule has 2 rings (SSSR count). The predicted octanol–water partition coefficient (Wildman–Crippen LogP) is 3.18. The Bertz CT molecular complexity index is 643. The third-order valence-corrected chi connectivity index (χ3v) is 3.24. The average molecular weight is 324 g/mol. The zero-order valence-corrected chi connectivity index (χ0v) is 13.3. The molecule has 1 heterocycles. The first kappa shape index (κ1) is 16.3. The van der Waals surface area contributed by atoms with Gasteiger partial charge in [0.1, 0.15) is 11.4 Å². The van der Waals surface area contributed by atoms with Gasteiger partial charge in [-0.05, 0) is 31.5 Å². The van der Waals surface area contributed by atoms with E-state index in [1.54, 1.807) is 6.92 Å². The number of esters is 1. The Balaban J connectivity index is 2.34. The maximum absolute atomic E-state index is 11.9. The van der Waals surface area contributed by atoms with Crippen LogP contribution in [0, 0.1) is 0 Å². The van der Waals surface area contributed by atoms with Crippen LogP contribution in [0.3, 0.4) is 0 Å². The number of nitrogens with zero attached hydrogens (tertiary/aromatic N) is 2. The predicted molar refractivity (Wildman–Crippen MR) is 83.1 cm³/mol. The van der Waals surface area contributed by atoms with E-state index in [1.165, 1.54) is 0 Å². The third kappa shape index (κ3) is 3.57. The summed E-state index contributed by atoms with van der Waals surface area (Å²) >= 11 is 5.98. The SMILES string of the molecule is CCCOc1ccc(-c2n[nH]nc2C(=O)OCC)cc1CCl. The molecule has 0 bridgehead atoms. The summed E-state index contributed by atoms with van der Waals surface area (Å²) in [5, 5.41) is 10.4. The van der Waals surface area contributed by atoms with E-state index < -0.39 is 5.97 Å². The van der Waals surface area contributed by atoms with Crippen LogP contribution < -0.4 is 4.74 Å². The Morgan fingerprint density at radius 1 is 1.32 bits per heavy atom. The van der Waals surface area contributed by atoms with E-state index >= 15 is 0 Å². The maximum atomic E-state index is 11.9. The molecule has 22 heavy (non-hydrogen) atoms. The van der Waals surface area contributed by atoms with Gasteiger partial charge in [0.25, 0.3) is 0 Å². The molecule has 0 saturated heterocycles. The van der Waals surface area contributed by atoms with Gasteiger partial charge in [-0.15, -0.1) is 16.7 Å². The van der Waals surface area contributed by atoms with E-state index in [4.69, 9.17) is 21.1 Å². The molecule has 1 aromatic carbocycles. The summed E-state index contributed by atoms with van der Waals surface area (Å²) in [5.74, 6) is 0.534. The topological polar surface area (TPSA) is 77.1 Å². The number of hydrogen-bond acceptors (Lipinski definition) is 5. The summed E-state index contributed by atoms with van der Waals surface area (Å²) < 4.78 is 10.6. The van der Waals surface area contributed by atoms with Gasteiger partial charge in [-0.1, -0.05) is 6.92 Å². The first-order chi connectivity index (χ1) is 10.7. The lowest BCUT2D eigenvalue weighted by atomic mass is 10.1.